The normalized spacial score (nSPS) is 11.4. The first kappa shape index (κ1) is 21.7. The molecule has 0 saturated heterocycles. The molecule has 0 spiro atoms. The number of hydrogen-bond acceptors (Lipinski definition) is 7. The Morgan fingerprint density at radius 1 is 0.882 bits per heavy atom. The van der Waals surface area contributed by atoms with Gasteiger partial charge in [-0.05, 0) is 42.5 Å². The third-order valence-corrected chi connectivity index (χ3v) is 7.84. The molecule has 5 aromatic rings. The van der Waals surface area contributed by atoms with E-state index in [-0.39, 0.29) is 26.2 Å². The van der Waals surface area contributed by atoms with E-state index in [0.717, 1.165) is 10.8 Å². The van der Waals surface area contributed by atoms with Crippen molar-refractivity contribution >= 4 is 43.0 Å². The van der Waals surface area contributed by atoms with E-state index in [1.54, 1.807) is 54.6 Å². The van der Waals surface area contributed by atoms with Gasteiger partial charge >= 0.3 is 5.63 Å². The molecule has 0 aliphatic heterocycles. The maximum absolute atomic E-state index is 13.6. The van der Waals surface area contributed by atoms with E-state index in [2.05, 4.69) is 10.3 Å². The highest BCUT2D eigenvalue weighted by Gasteiger charge is 2.28. The van der Waals surface area contributed by atoms with Crippen LogP contribution in [0, 0.1) is 0 Å². The highest BCUT2D eigenvalue weighted by atomic mass is 32.2. The predicted octanol–water partition coefficient (Wildman–Crippen LogP) is 5.00. The number of carbonyl (C=O) groups is 1. The van der Waals surface area contributed by atoms with Crippen molar-refractivity contribution in [3.05, 3.63) is 107 Å². The van der Waals surface area contributed by atoms with E-state index in [1.807, 2.05) is 18.2 Å². The Morgan fingerprint density at radius 2 is 1.53 bits per heavy atom. The van der Waals surface area contributed by atoms with Gasteiger partial charge in [-0.2, -0.15) is 0 Å². The van der Waals surface area contributed by atoms with Crippen molar-refractivity contribution in [3.63, 3.8) is 0 Å². The Balaban J connectivity index is 1.69. The third kappa shape index (κ3) is 4.02. The summed E-state index contributed by atoms with van der Waals surface area (Å²) in [6.45, 7) is 0. The number of thiazole rings is 1. The molecular formula is C25H16N2O5S2. The summed E-state index contributed by atoms with van der Waals surface area (Å²) in [6, 6.07) is 24.5. The monoisotopic (exact) mass is 488 g/mol. The second-order valence-corrected chi connectivity index (χ2v) is 10.2. The number of nitrogens with zero attached hydrogens (tertiary/aromatic N) is 1. The minimum absolute atomic E-state index is 0.0199. The Labute approximate surface area is 198 Å². The van der Waals surface area contributed by atoms with E-state index in [0.29, 0.717) is 11.1 Å². The Hall–Kier alpha value is -4.08. The van der Waals surface area contributed by atoms with Gasteiger partial charge in [0.1, 0.15) is 10.6 Å². The smallest absolute Gasteiger partial charge is 0.360 e. The largest absolute Gasteiger partial charge is 0.417 e. The molecule has 0 aliphatic carbocycles. The molecule has 0 fully saturated rings. The molecule has 1 amide bonds. The Morgan fingerprint density at radius 3 is 2.24 bits per heavy atom. The minimum Gasteiger partial charge on any atom is -0.417 e. The number of aromatic nitrogens is 1. The predicted molar refractivity (Wildman–Crippen MR) is 130 cm³/mol. The lowest BCUT2D eigenvalue weighted by atomic mass is 10.2. The first-order valence-electron chi connectivity index (χ1n) is 10.1. The number of fused-ring (bicyclic) bond motifs is 1. The summed E-state index contributed by atoms with van der Waals surface area (Å²) in [5.41, 5.74) is -0.210. The van der Waals surface area contributed by atoms with Gasteiger partial charge in [-0.15, -0.1) is 11.3 Å². The van der Waals surface area contributed by atoms with Gasteiger partial charge in [0.2, 0.25) is 9.84 Å². The molecule has 0 unspecified atom stereocenters. The van der Waals surface area contributed by atoms with Crippen LogP contribution in [0.25, 0.3) is 21.0 Å². The Kier molecular flexibility index (Phi) is 5.56. The van der Waals surface area contributed by atoms with Gasteiger partial charge < -0.3 is 9.73 Å². The molecule has 1 N–H and O–H groups in total. The number of rotatable bonds is 5. The fourth-order valence-corrected chi connectivity index (χ4v) is 5.82. The average Bonchev–Trinajstić information content (AvgIpc) is 3.30. The molecule has 5 rings (SSSR count). The molecule has 0 saturated carbocycles. The average molecular weight is 489 g/mol. The van der Waals surface area contributed by atoms with Crippen LogP contribution in [0.4, 0.5) is 5.69 Å². The highest BCUT2D eigenvalue weighted by molar-refractivity contribution is 7.91. The van der Waals surface area contributed by atoms with Crippen LogP contribution in [0.5, 0.6) is 0 Å². The van der Waals surface area contributed by atoms with Crippen LogP contribution in [0.15, 0.2) is 110 Å². The first-order valence-corrected chi connectivity index (χ1v) is 12.4. The molecule has 7 nitrogen and oxygen atoms in total. The second-order valence-electron chi connectivity index (χ2n) is 7.26. The van der Waals surface area contributed by atoms with Gasteiger partial charge in [0, 0.05) is 5.56 Å². The van der Waals surface area contributed by atoms with Gasteiger partial charge in [-0.1, -0.05) is 48.5 Å². The summed E-state index contributed by atoms with van der Waals surface area (Å²) in [5, 5.41) is 2.71. The van der Waals surface area contributed by atoms with Gasteiger partial charge in [0.25, 0.3) is 5.91 Å². The van der Waals surface area contributed by atoms with Gasteiger partial charge in [-0.25, -0.2) is 18.2 Å². The minimum atomic E-state index is -4.11. The van der Waals surface area contributed by atoms with Crippen LogP contribution in [0.1, 0.15) is 10.4 Å². The standard InChI is InChI=1S/C25H16N2O5S2/c28-23(16-9-3-1-4-10-16)26-19-15-21(34(30,31)17-11-5-2-6-12-17)22(32-25(19)29)24-27-18-13-7-8-14-20(18)33-24/h1-15H,(H,26,28). The van der Waals surface area contributed by atoms with Crippen LogP contribution in [0.3, 0.4) is 0 Å². The molecule has 0 atom stereocenters. The topological polar surface area (TPSA) is 106 Å². The molecule has 0 bridgehead atoms. The number of amides is 1. The third-order valence-electron chi connectivity index (χ3n) is 5.03. The number of anilines is 1. The summed E-state index contributed by atoms with van der Waals surface area (Å²) < 4.78 is 33.4. The fraction of sp³-hybridized carbons (Fsp3) is 0. The maximum Gasteiger partial charge on any atom is 0.360 e. The van der Waals surface area contributed by atoms with Crippen molar-refractivity contribution < 1.29 is 17.6 Å². The van der Waals surface area contributed by atoms with Gasteiger partial charge in [0.15, 0.2) is 10.8 Å². The number of benzene rings is 3. The summed E-state index contributed by atoms with van der Waals surface area (Å²) in [4.78, 5) is 29.7. The van der Waals surface area contributed by atoms with Crippen LogP contribution in [-0.4, -0.2) is 19.3 Å². The van der Waals surface area contributed by atoms with Crippen molar-refractivity contribution in [2.75, 3.05) is 5.32 Å². The lowest BCUT2D eigenvalue weighted by Gasteiger charge is -2.11. The number of nitrogens with one attached hydrogen (secondary N) is 1. The molecule has 0 aliphatic rings. The van der Waals surface area contributed by atoms with Crippen molar-refractivity contribution in [2.45, 2.75) is 9.79 Å². The number of para-hydroxylation sites is 1. The maximum atomic E-state index is 13.6. The zero-order valence-electron chi connectivity index (χ0n) is 17.5. The summed E-state index contributed by atoms with van der Waals surface area (Å²) in [7, 11) is -4.11. The zero-order chi connectivity index (χ0) is 23.7. The number of sulfone groups is 1. The molecule has 2 heterocycles. The van der Waals surface area contributed by atoms with Crippen molar-refractivity contribution in [3.8, 4) is 10.8 Å². The van der Waals surface area contributed by atoms with Crippen LogP contribution < -0.4 is 10.9 Å². The number of hydrogen-bond donors (Lipinski definition) is 1. The first-order chi connectivity index (χ1) is 16.4. The summed E-state index contributed by atoms with van der Waals surface area (Å²) in [5.74, 6) is -0.739. The van der Waals surface area contributed by atoms with Crippen molar-refractivity contribution in [2.24, 2.45) is 0 Å². The SMILES string of the molecule is O=C(Nc1cc(S(=O)(=O)c2ccccc2)c(-c2nc3ccccc3s2)oc1=O)c1ccccc1. The molecule has 2 aromatic heterocycles. The number of carbonyl (C=O) groups excluding carboxylic acids is 1. The van der Waals surface area contributed by atoms with Gasteiger partial charge in [-0.3, -0.25) is 4.79 Å². The quantitative estimate of drug-likeness (QED) is 0.373. The molecule has 0 radical (unpaired) electrons. The van der Waals surface area contributed by atoms with Crippen LogP contribution >= 0.6 is 11.3 Å². The molecule has 9 heteroatoms. The molecule has 34 heavy (non-hydrogen) atoms. The zero-order valence-corrected chi connectivity index (χ0v) is 19.1. The van der Waals surface area contributed by atoms with Gasteiger partial charge in [0.05, 0.1) is 15.1 Å². The van der Waals surface area contributed by atoms with E-state index in [9.17, 15) is 18.0 Å². The Bertz CT molecular complexity index is 1640. The summed E-state index contributed by atoms with van der Waals surface area (Å²) >= 11 is 1.21. The van der Waals surface area contributed by atoms with Crippen LogP contribution in [0.2, 0.25) is 0 Å². The van der Waals surface area contributed by atoms with Crippen molar-refractivity contribution in [1.29, 1.82) is 0 Å². The molecular weight excluding hydrogens is 472 g/mol. The lowest BCUT2D eigenvalue weighted by molar-refractivity contribution is 0.102. The molecule has 168 valence electrons. The lowest BCUT2D eigenvalue weighted by Crippen LogP contribution is -2.19. The van der Waals surface area contributed by atoms with E-state index < -0.39 is 21.4 Å². The van der Waals surface area contributed by atoms with E-state index in [4.69, 9.17) is 4.42 Å². The molecule has 3 aromatic carbocycles. The van der Waals surface area contributed by atoms with E-state index >= 15 is 0 Å². The summed E-state index contributed by atoms with van der Waals surface area (Å²) in [6.07, 6.45) is 0. The highest BCUT2D eigenvalue weighted by Crippen LogP contribution is 2.36. The van der Waals surface area contributed by atoms with Crippen molar-refractivity contribution in [1.82, 2.24) is 4.98 Å². The fourth-order valence-electron chi connectivity index (χ4n) is 3.37. The van der Waals surface area contributed by atoms with Crippen LogP contribution in [-0.2, 0) is 9.84 Å². The second kappa shape index (κ2) is 8.69. The van der Waals surface area contributed by atoms with E-state index in [1.165, 1.54) is 23.5 Å².